The topological polar surface area (TPSA) is 103 Å². The zero-order valence-electron chi connectivity index (χ0n) is 20.3. The number of hydrogen-bond donors (Lipinski definition) is 2. The molecule has 182 valence electrons. The molecule has 0 unspecified atom stereocenters. The third-order valence-corrected chi connectivity index (χ3v) is 4.99. The number of para-hydroxylation sites is 1. The second-order valence-electron chi connectivity index (χ2n) is 7.08. The van der Waals surface area contributed by atoms with Gasteiger partial charge < -0.3 is 34.5 Å². The number of aromatic nitrogens is 3. The molecule has 10 nitrogen and oxygen atoms in total. The molecule has 0 spiro atoms. The molecule has 34 heavy (non-hydrogen) atoms. The van der Waals surface area contributed by atoms with Crippen LogP contribution in [0.3, 0.4) is 0 Å². The molecule has 3 aromatic rings. The predicted molar refractivity (Wildman–Crippen MR) is 133 cm³/mol. The fourth-order valence-corrected chi connectivity index (χ4v) is 3.28. The van der Waals surface area contributed by atoms with Gasteiger partial charge in [0.2, 0.25) is 23.6 Å². The fourth-order valence-electron chi connectivity index (χ4n) is 3.28. The normalized spacial score (nSPS) is 10.4. The molecule has 0 aliphatic carbocycles. The lowest BCUT2D eigenvalue weighted by Gasteiger charge is -2.20. The van der Waals surface area contributed by atoms with Crippen LogP contribution in [-0.4, -0.2) is 62.5 Å². The SMILES string of the molecule is CCN(CC)c1nc(NCCOc2ccccc2)nc(Nc2cc(OC)c(OC)c(OC)c2)n1. The summed E-state index contributed by atoms with van der Waals surface area (Å²) in [5.41, 5.74) is 0.685. The summed E-state index contributed by atoms with van der Waals surface area (Å²) in [6.45, 7) is 6.63. The largest absolute Gasteiger partial charge is 0.493 e. The Hall–Kier alpha value is -3.95. The molecule has 10 heteroatoms. The Kier molecular flexibility index (Phi) is 8.96. The molecule has 0 aliphatic rings. The minimum Gasteiger partial charge on any atom is -0.493 e. The van der Waals surface area contributed by atoms with Crippen molar-refractivity contribution in [2.75, 3.05) is 63.1 Å². The van der Waals surface area contributed by atoms with Gasteiger partial charge in [0, 0.05) is 30.9 Å². The van der Waals surface area contributed by atoms with E-state index in [0.29, 0.717) is 53.9 Å². The third kappa shape index (κ3) is 6.31. The lowest BCUT2D eigenvalue weighted by Crippen LogP contribution is -2.25. The highest BCUT2D eigenvalue weighted by molar-refractivity contribution is 5.66. The Morgan fingerprint density at radius 1 is 0.824 bits per heavy atom. The molecule has 0 aliphatic heterocycles. The van der Waals surface area contributed by atoms with Gasteiger partial charge in [0.25, 0.3) is 0 Å². The Balaban J connectivity index is 1.81. The number of ether oxygens (including phenoxy) is 4. The van der Waals surface area contributed by atoms with Gasteiger partial charge in [0.15, 0.2) is 11.5 Å². The maximum absolute atomic E-state index is 5.75. The van der Waals surface area contributed by atoms with Crippen molar-refractivity contribution < 1.29 is 18.9 Å². The third-order valence-electron chi connectivity index (χ3n) is 4.99. The zero-order chi connectivity index (χ0) is 24.3. The molecule has 0 bridgehead atoms. The number of methoxy groups -OCH3 is 3. The number of benzene rings is 2. The van der Waals surface area contributed by atoms with Crippen LogP contribution < -0.4 is 34.5 Å². The van der Waals surface area contributed by atoms with Crippen LogP contribution in [0.2, 0.25) is 0 Å². The van der Waals surface area contributed by atoms with E-state index in [1.807, 2.05) is 35.2 Å². The lowest BCUT2D eigenvalue weighted by atomic mass is 10.2. The maximum Gasteiger partial charge on any atom is 0.233 e. The van der Waals surface area contributed by atoms with Crippen LogP contribution in [0.25, 0.3) is 0 Å². The quantitative estimate of drug-likeness (QED) is 0.358. The second-order valence-corrected chi connectivity index (χ2v) is 7.08. The molecule has 2 N–H and O–H groups in total. The smallest absolute Gasteiger partial charge is 0.233 e. The summed E-state index contributed by atoms with van der Waals surface area (Å²) in [7, 11) is 4.71. The number of hydrogen-bond acceptors (Lipinski definition) is 10. The van der Waals surface area contributed by atoms with E-state index in [2.05, 4.69) is 39.4 Å². The van der Waals surface area contributed by atoms with E-state index in [9.17, 15) is 0 Å². The second kappa shape index (κ2) is 12.3. The van der Waals surface area contributed by atoms with Crippen molar-refractivity contribution in [3.63, 3.8) is 0 Å². The average Bonchev–Trinajstić information content (AvgIpc) is 2.87. The van der Waals surface area contributed by atoms with Crippen molar-refractivity contribution in [3.8, 4) is 23.0 Å². The van der Waals surface area contributed by atoms with Crippen LogP contribution in [0.5, 0.6) is 23.0 Å². The van der Waals surface area contributed by atoms with Crippen molar-refractivity contribution in [3.05, 3.63) is 42.5 Å². The van der Waals surface area contributed by atoms with Crippen molar-refractivity contribution >= 4 is 23.5 Å². The summed E-state index contributed by atoms with van der Waals surface area (Å²) in [6.07, 6.45) is 0. The van der Waals surface area contributed by atoms with Crippen LogP contribution in [0.1, 0.15) is 13.8 Å². The van der Waals surface area contributed by atoms with Crippen LogP contribution in [-0.2, 0) is 0 Å². The molecule has 0 atom stereocenters. The van der Waals surface area contributed by atoms with E-state index < -0.39 is 0 Å². The van der Waals surface area contributed by atoms with E-state index in [1.54, 1.807) is 33.5 Å². The van der Waals surface area contributed by atoms with Crippen molar-refractivity contribution in [2.24, 2.45) is 0 Å². The van der Waals surface area contributed by atoms with Gasteiger partial charge in [-0.2, -0.15) is 15.0 Å². The van der Waals surface area contributed by atoms with Gasteiger partial charge in [0.1, 0.15) is 12.4 Å². The number of anilines is 4. The van der Waals surface area contributed by atoms with Gasteiger partial charge in [-0.15, -0.1) is 0 Å². The summed E-state index contributed by atoms with van der Waals surface area (Å²) >= 11 is 0. The highest BCUT2D eigenvalue weighted by Crippen LogP contribution is 2.40. The van der Waals surface area contributed by atoms with E-state index >= 15 is 0 Å². The molecule has 1 aromatic heterocycles. The minimum absolute atomic E-state index is 0.387. The van der Waals surface area contributed by atoms with Crippen molar-refractivity contribution in [2.45, 2.75) is 13.8 Å². The Bertz CT molecular complexity index is 1020. The molecular formula is C24H32N6O4. The number of nitrogens with one attached hydrogen (secondary N) is 2. The van der Waals surface area contributed by atoms with E-state index in [0.717, 1.165) is 18.8 Å². The molecule has 0 fully saturated rings. The van der Waals surface area contributed by atoms with E-state index in [1.165, 1.54) is 0 Å². The number of rotatable bonds is 13. The Morgan fingerprint density at radius 2 is 1.47 bits per heavy atom. The Morgan fingerprint density at radius 3 is 2.06 bits per heavy atom. The lowest BCUT2D eigenvalue weighted by molar-refractivity contribution is 0.324. The molecule has 0 radical (unpaired) electrons. The summed E-state index contributed by atoms with van der Waals surface area (Å²) in [5.74, 6) is 3.78. The van der Waals surface area contributed by atoms with Crippen LogP contribution in [0.4, 0.5) is 23.5 Å². The molecular weight excluding hydrogens is 436 g/mol. The fraction of sp³-hybridized carbons (Fsp3) is 0.375. The van der Waals surface area contributed by atoms with Crippen molar-refractivity contribution in [1.82, 2.24) is 15.0 Å². The average molecular weight is 469 g/mol. The van der Waals surface area contributed by atoms with Crippen LogP contribution >= 0.6 is 0 Å². The maximum atomic E-state index is 5.75. The van der Waals surface area contributed by atoms with Gasteiger partial charge in [-0.05, 0) is 26.0 Å². The Labute approximate surface area is 200 Å². The van der Waals surface area contributed by atoms with Gasteiger partial charge in [-0.3, -0.25) is 0 Å². The number of nitrogens with zero attached hydrogens (tertiary/aromatic N) is 4. The molecule has 0 saturated heterocycles. The molecule has 0 amide bonds. The first-order chi connectivity index (χ1) is 16.6. The highest BCUT2D eigenvalue weighted by Gasteiger charge is 2.16. The summed E-state index contributed by atoms with van der Waals surface area (Å²) in [6, 6.07) is 13.2. The van der Waals surface area contributed by atoms with Crippen LogP contribution in [0, 0.1) is 0 Å². The van der Waals surface area contributed by atoms with Gasteiger partial charge in [0.05, 0.1) is 27.9 Å². The first-order valence-electron chi connectivity index (χ1n) is 11.1. The summed E-state index contributed by atoms with van der Waals surface area (Å²) in [5, 5.41) is 6.45. The summed E-state index contributed by atoms with van der Waals surface area (Å²) in [4.78, 5) is 15.8. The molecule has 1 heterocycles. The van der Waals surface area contributed by atoms with Crippen LogP contribution in [0.15, 0.2) is 42.5 Å². The van der Waals surface area contributed by atoms with Gasteiger partial charge in [-0.1, -0.05) is 18.2 Å². The minimum atomic E-state index is 0.387. The molecule has 3 rings (SSSR count). The van der Waals surface area contributed by atoms with E-state index in [-0.39, 0.29) is 0 Å². The monoisotopic (exact) mass is 468 g/mol. The van der Waals surface area contributed by atoms with Gasteiger partial charge >= 0.3 is 0 Å². The first kappa shape index (κ1) is 24.7. The molecule has 2 aromatic carbocycles. The van der Waals surface area contributed by atoms with Crippen molar-refractivity contribution in [1.29, 1.82) is 0 Å². The van der Waals surface area contributed by atoms with E-state index in [4.69, 9.17) is 18.9 Å². The molecule has 0 saturated carbocycles. The standard InChI is InChI=1S/C24H32N6O4/c1-6-30(7-2)24-28-22(25-13-14-34-18-11-9-8-10-12-18)27-23(29-24)26-17-15-19(31-3)21(33-5)20(16-17)32-4/h8-12,15-16H,6-7,13-14H2,1-5H3,(H2,25,26,27,28,29). The zero-order valence-corrected chi connectivity index (χ0v) is 20.3. The highest BCUT2D eigenvalue weighted by atomic mass is 16.5. The predicted octanol–water partition coefficient (Wildman–Crippen LogP) is 3.98. The summed E-state index contributed by atoms with van der Waals surface area (Å²) < 4.78 is 22.0. The van der Waals surface area contributed by atoms with Gasteiger partial charge in [-0.25, -0.2) is 0 Å². The first-order valence-corrected chi connectivity index (χ1v) is 11.1.